The maximum atomic E-state index is 12.5. The topological polar surface area (TPSA) is 42.0 Å². The van der Waals surface area contributed by atoms with Crippen molar-refractivity contribution in [1.82, 2.24) is 4.98 Å². The molecule has 1 aromatic heterocycles. The van der Waals surface area contributed by atoms with Gasteiger partial charge in [-0.2, -0.15) is 0 Å². The van der Waals surface area contributed by atoms with Gasteiger partial charge in [-0.15, -0.1) is 0 Å². The molecular formula is C17H13IN2O. The third-order valence-corrected chi connectivity index (χ3v) is 3.90. The van der Waals surface area contributed by atoms with Crippen LogP contribution in [0, 0.1) is 10.5 Å². The first-order valence-electron chi connectivity index (χ1n) is 6.56. The van der Waals surface area contributed by atoms with Gasteiger partial charge in [0.05, 0.1) is 0 Å². The molecule has 1 N–H and O–H groups in total. The molecule has 104 valence electrons. The molecule has 0 spiro atoms. The van der Waals surface area contributed by atoms with Gasteiger partial charge in [0.1, 0.15) is 5.82 Å². The summed E-state index contributed by atoms with van der Waals surface area (Å²) < 4.78 is 1.05. The van der Waals surface area contributed by atoms with Crippen LogP contribution in [-0.2, 0) is 0 Å². The van der Waals surface area contributed by atoms with Gasteiger partial charge in [0.15, 0.2) is 0 Å². The Hall–Kier alpha value is -1.95. The van der Waals surface area contributed by atoms with E-state index in [9.17, 15) is 4.79 Å². The molecule has 0 fully saturated rings. The van der Waals surface area contributed by atoms with Gasteiger partial charge in [0.2, 0.25) is 0 Å². The molecule has 3 aromatic rings. The largest absolute Gasteiger partial charge is 0.306 e. The van der Waals surface area contributed by atoms with Crippen molar-refractivity contribution in [3.05, 3.63) is 69.4 Å². The fourth-order valence-corrected chi connectivity index (χ4v) is 2.88. The summed E-state index contributed by atoms with van der Waals surface area (Å²) in [4.78, 5) is 16.8. The Kier molecular flexibility index (Phi) is 3.88. The number of pyridine rings is 1. The Bertz CT molecular complexity index is 825. The summed E-state index contributed by atoms with van der Waals surface area (Å²) in [7, 11) is 0. The summed E-state index contributed by atoms with van der Waals surface area (Å²) in [6.07, 6.45) is 1.74. The monoisotopic (exact) mass is 388 g/mol. The predicted molar refractivity (Wildman–Crippen MR) is 93.6 cm³/mol. The van der Waals surface area contributed by atoms with E-state index in [-0.39, 0.29) is 5.91 Å². The number of anilines is 1. The number of carbonyl (C=O) groups is 1. The minimum Gasteiger partial charge on any atom is -0.306 e. The van der Waals surface area contributed by atoms with Crippen LogP contribution < -0.4 is 5.32 Å². The van der Waals surface area contributed by atoms with Crippen molar-refractivity contribution in [3.8, 4) is 0 Å². The Morgan fingerprint density at radius 3 is 2.71 bits per heavy atom. The molecule has 0 aliphatic carbocycles. The fourth-order valence-electron chi connectivity index (χ4n) is 2.27. The third-order valence-electron chi connectivity index (χ3n) is 3.31. The highest BCUT2D eigenvalue weighted by atomic mass is 127. The summed E-state index contributed by atoms with van der Waals surface area (Å²) in [5.41, 5.74) is 1.61. The zero-order valence-electron chi connectivity index (χ0n) is 11.4. The number of benzene rings is 2. The molecule has 3 nitrogen and oxygen atoms in total. The molecule has 0 radical (unpaired) electrons. The van der Waals surface area contributed by atoms with E-state index >= 15 is 0 Å². The molecule has 3 rings (SSSR count). The first-order chi connectivity index (χ1) is 10.1. The van der Waals surface area contributed by atoms with Crippen LogP contribution in [0.1, 0.15) is 15.9 Å². The van der Waals surface area contributed by atoms with Crippen molar-refractivity contribution in [1.29, 1.82) is 0 Å². The molecule has 21 heavy (non-hydrogen) atoms. The molecule has 0 aliphatic heterocycles. The van der Waals surface area contributed by atoms with Crippen molar-refractivity contribution in [2.75, 3.05) is 5.32 Å². The van der Waals surface area contributed by atoms with Gasteiger partial charge >= 0.3 is 0 Å². The van der Waals surface area contributed by atoms with Gasteiger partial charge in [-0.3, -0.25) is 4.79 Å². The van der Waals surface area contributed by atoms with E-state index in [1.165, 1.54) is 0 Å². The number of aryl methyl sites for hydroxylation is 1. The summed E-state index contributed by atoms with van der Waals surface area (Å²) in [6.45, 7) is 1.94. The number of carbonyl (C=O) groups excluding carboxylic acids is 1. The predicted octanol–water partition coefficient (Wildman–Crippen LogP) is 4.40. The van der Waals surface area contributed by atoms with Gasteiger partial charge in [0.25, 0.3) is 5.91 Å². The molecule has 0 aliphatic rings. The van der Waals surface area contributed by atoms with Crippen molar-refractivity contribution >= 4 is 45.1 Å². The highest BCUT2D eigenvalue weighted by Crippen LogP contribution is 2.20. The number of fused-ring (bicyclic) bond motifs is 1. The second-order valence-corrected chi connectivity index (χ2v) is 6.05. The molecule has 2 aromatic carbocycles. The van der Waals surface area contributed by atoms with Crippen LogP contribution in [0.3, 0.4) is 0 Å². The van der Waals surface area contributed by atoms with Gasteiger partial charge in [-0.25, -0.2) is 4.98 Å². The Morgan fingerprint density at radius 1 is 1.14 bits per heavy atom. The number of hydrogen-bond donors (Lipinski definition) is 1. The van der Waals surface area contributed by atoms with E-state index in [4.69, 9.17) is 0 Å². The number of hydrogen-bond acceptors (Lipinski definition) is 2. The summed E-state index contributed by atoms with van der Waals surface area (Å²) in [6, 6.07) is 15.6. The molecule has 1 heterocycles. The number of nitrogens with one attached hydrogen (secondary N) is 1. The molecule has 4 heteroatoms. The van der Waals surface area contributed by atoms with Crippen LogP contribution in [0.25, 0.3) is 10.8 Å². The molecule has 1 amide bonds. The molecule has 0 saturated heterocycles. The van der Waals surface area contributed by atoms with Gasteiger partial charge in [-0.1, -0.05) is 36.4 Å². The second-order valence-electron chi connectivity index (χ2n) is 4.80. The normalized spacial score (nSPS) is 10.6. The summed E-state index contributed by atoms with van der Waals surface area (Å²) in [5.74, 6) is 0.469. The van der Waals surface area contributed by atoms with Crippen molar-refractivity contribution in [3.63, 3.8) is 0 Å². The molecule has 0 bridgehead atoms. The summed E-state index contributed by atoms with van der Waals surface area (Å²) >= 11 is 2.20. The second kappa shape index (κ2) is 5.81. The van der Waals surface area contributed by atoms with Crippen molar-refractivity contribution < 1.29 is 4.79 Å². The lowest BCUT2D eigenvalue weighted by atomic mass is 10.0. The standard InChI is InChI=1S/C17H13IN2O/c1-11-9-13(18)10-19-16(11)20-17(21)15-8-4-6-12-5-2-3-7-14(12)15/h2-10H,1H3,(H,19,20,21). The highest BCUT2D eigenvalue weighted by molar-refractivity contribution is 14.1. The number of aromatic nitrogens is 1. The van der Waals surface area contributed by atoms with Crippen molar-refractivity contribution in [2.24, 2.45) is 0 Å². The summed E-state index contributed by atoms with van der Waals surface area (Å²) in [5, 5.41) is 4.89. The van der Waals surface area contributed by atoms with Crippen LogP contribution in [0.2, 0.25) is 0 Å². The van der Waals surface area contributed by atoms with E-state index in [2.05, 4.69) is 32.9 Å². The molecule has 0 saturated carbocycles. The average Bonchev–Trinajstić information content (AvgIpc) is 2.49. The van der Waals surface area contributed by atoms with E-state index in [1.807, 2.05) is 55.5 Å². The Balaban J connectivity index is 1.97. The number of amides is 1. The quantitative estimate of drug-likeness (QED) is 0.662. The highest BCUT2D eigenvalue weighted by Gasteiger charge is 2.11. The Labute approximate surface area is 136 Å². The van der Waals surface area contributed by atoms with E-state index < -0.39 is 0 Å². The van der Waals surface area contributed by atoms with E-state index in [0.717, 1.165) is 19.9 Å². The van der Waals surface area contributed by atoms with E-state index in [0.29, 0.717) is 11.4 Å². The van der Waals surface area contributed by atoms with Crippen LogP contribution >= 0.6 is 22.6 Å². The van der Waals surface area contributed by atoms with Crippen LogP contribution in [0.15, 0.2) is 54.7 Å². The zero-order valence-corrected chi connectivity index (χ0v) is 13.6. The lowest BCUT2D eigenvalue weighted by Crippen LogP contribution is -2.14. The first-order valence-corrected chi connectivity index (χ1v) is 7.64. The lowest BCUT2D eigenvalue weighted by molar-refractivity contribution is 0.102. The zero-order chi connectivity index (χ0) is 14.8. The maximum absolute atomic E-state index is 12.5. The molecule has 0 unspecified atom stereocenters. The number of nitrogens with zero attached hydrogens (tertiary/aromatic N) is 1. The maximum Gasteiger partial charge on any atom is 0.257 e. The first kappa shape index (κ1) is 14.0. The third kappa shape index (κ3) is 2.90. The molecule has 0 atom stereocenters. The van der Waals surface area contributed by atoms with Crippen LogP contribution in [0.4, 0.5) is 5.82 Å². The van der Waals surface area contributed by atoms with Crippen LogP contribution in [0.5, 0.6) is 0 Å². The number of halogens is 1. The van der Waals surface area contributed by atoms with Gasteiger partial charge in [0, 0.05) is 15.3 Å². The Morgan fingerprint density at radius 2 is 1.90 bits per heavy atom. The van der Waals surface area contributed by atoms with Crippen molar-refractivity contribution in [2.45, 2.75) is 6.92 Å². The minimum absolute atomic E-state index is 0.136. The lowest BCUT2D eigenvalue weighted by Gasteiger charge is -2.09. The fraction of sp³-hybridized carbons (Fsp3) is 0.0588. The SMILES string of the molecule is Cc1cc(I)cnc1NC(=O)c1cccc2ccccc12. The van der Waals surface area contributed by atoms with Gasteiger partial charge < -0.3 is 5.32 Å². The number of rotatable bonds is 2. The average molecular weight is 388 g/mol. The van der Waals surface area contributed by atoms with Crippen LogP contribution in [-0.4, -0.2) is 10.9 Å². The van der Waals surface area contributed by atoms with Gasteiger partial charge in [-0.05, 0) is 58.0 Å². The smallest absolute Gasteiger partial charge is 0.257 e. The minimum atomic E-state index is -0.136. The molecular weight excluding hydrogens is 375 g/mol. The van der Waals surface area contributed by atoms with E-state index in [1.54, 1.807) is 6.20 Å².